The zero-order chi connectivity index (χ0) is 17.6. The summed E-state index contributed by atoms with van der Waals surface area (Å²) in [5, 5.41) is 4.36. The van der Waals surface area contributed by atoms with Crippen LogP contribution in [0.4, 0.5) is 5.69 Å². The number of rotatable bonds is 5. The molecule has 2 aromatic heterocycles. The number of aromatic nitrogens is 2. The van der Waals surface area contributed by atoms with Gasteiger partial charge in [0.1, 0.15) is 5.03 Å². The molecule has 0 aliphatic heterocycles. The zero-order valence-corrected chi connectivity index (χ0v) is 15.3. The normalized spacial score (nSPS) is 10.5. The number of halogens is 2. The summed E-state index contributed by atoms with van der Waals surface area (Å²) in [6, 6.07) is 12.2. The first-order valence-corrected chi connectivity index (χ1v) is 9.11. The molecule has 0 radical (unpaired) electrons. The molecule has 126 valence electrons. The Hall–Kier alpha value is -2.08. The van der Waals surface area contributed by atoms with Gasteiger partial charge >= 0.3 is 0 Å². The molecule has 0 unspecified atom stereocenters. The summed E-state index contributed by atoms with van der Waals surface area (Å²) in [6.07, 6.45) is 5.14. The molecule has 3 rings (SSSR count). The van der Waals surface area contributed by atoms with Crippen LogP contribution in [0.15, 0.2) is 66.1 Å². The van der Waals surface area contributed by atoms with Crippen LogP contribution in [0, 0.1) is 0 Å². The number of nitrogens with one attached hydrogen (secondary N) is 1. The van der Waals surface area contributed by atoms with E-state index in [4.69, 9.17) is 23.2 Å². The molecule has 0 spiro atoms. The van der Waals surface area contributed by atoms with Crippen molar-refractivity contribution in [3.63, 3.8) is 0 Å². The van der Waals surface area contributed by atoms with Crippen molar-refractivity contribution in [1.82, 2.24) is 9.97 Å². The van der Waals surface area contributed by atoms with E-state index in [0.717, 1.165) is 5.56 Å². The number of thioether (sulfide) groups is 1. The Morgan fingerprint density at radius 2 is 1.88 bits per heavy atom. The summed E-state index contributed by atoms with van der Waals surface area (Å²) in [6.45, 7) is 0. The molecule has 1 N–H and O–H groups in total. The van der Waals surface area contributed by atoms with Crippen LogP contribution in [-0.2, 0) is 5.75 Å². The van der Waals surface area contributed by atoms with E-state index in [1.165, 1.54) is 11.8 Å². The van der Waals surface area contributed by atoms with Gasteiger partial charge in [0, 0.05) is 29.4 Å². The molecule has 0 saturated carbocycles. The van der Waals surface area contributed by atoms with Gasteiger partial charge in [0.05, 0.1) is 16.3 Å². The van der Waals surface area contributed by atoms with Crippen molar-refractivity contribution in [3.8, 4) is 0 Å². The van der Waals surface area contributed by atoms with Crippen LogP contribution in [-0.4, -0.2) is 15.9 Å². The third-order valence-corrected chi connectivity index (χ3v) is 4.96. The van der Waals surface area contributed by atoms with Gasteiger partial charge < -0.3 is 5.32 Å². The van der Waals surface area contributed by atoms with E-state index in [1.807, 2.05) is 12.1 Å². The highest BCUT2D eigenvalue weighted by Gasteiger charge is 2.14. The van der Waals surface area contributed by atoms with Gasteiger partial charge in [0.25, 0.3) is 5.91 Å². The Labute approximate surface area is 159 Å². The quantitative estimate of drug-likeness (QED) is 0.599. The van der Waals surface area contributed by atoms with Crippen molar-refractivity contribution < 1.29 is 4.79 Å². The Morgan fingerprint density at radius 3 is 2.68 bits per heavy atom. The zero-order valence-electron chi connectivity index (χ0n) is 12.9. The van der Waals surface area contributed by atoms with E-state index in [2.05, 4.69) is 15.3 Å². The summed E-state index contributed by atoms with van der Waals surface area (Å²) in [7, 11) is 0. The Balaban J connectivity index is 1.77. The molecule has 7 heteroatoms. The largest absolute Gasteiger partial charge is 0.320 e. The van der Waals surface area contributed by atoms with Crippen LogP contribution >= 0.6 is 35.0 Å². The second-order valence-electron chi connectivity index (χ2n) is 5.08. The van der Waals surface area contributed by atoms with Crippen LogP contribution in [0.1, 0.15) is 15.9 Å². The van der Waals surface area contributed by atoms with Gasteiger partial charge in [-0.1, -0.05) is 23.2 Å². The second-order valence-corrected chi connectivity index (χ2v) is 6.89. The lowest BCUT2D eigenvalue weighted by molar-refractivity contribution is 0.102. The smallest absolute Gasteiger partial charge is 0.258 e. The van der Waals surface area contributed by atoms with Gasteiger partial charge in [-0.2, -0.15) is 0 Å². The van der Waals surface area contributed by atoms with Gasteiger partial charge in [-0.05, 0) is 48.0 Å². The van der Waals surface area contributed by atoms with E-state index in [0.29, 0.717) is 32.1 Å². The third kappa shape index (κ3) is 4.72. The van der Waals surface area contributed by atoms with Gasteiger partial charge in [-0.15, -0.1) is 11.8 Å². The summed E-state index contributed by atoms with van der Waals surface area (Å²) in [4.78, 5) is 21.0. The minimum absolute atomic E-state index is 0.283. The summed E-state index contributed by atoms with van der Waals surface area (Å²) >= 11 is 13.6. The predicted octanol–water partition coefficient (Wildman–Crippen LogP) is 5.33. The number of hydrogen-bond donors (Lipinski definition) is 1. The van der Waals surface area contributed by atoms with Crippen LogP contribution in [0.3, 0.4) is 0 Å². The monoisotopic (exact) mass is 389 g/mol. The topological polar surface area (TPSA) is 54.9 Å². The Morgan fingerprint density at radius 1 is 1.08 bits per heavy atom. The van der Waals surface area contributed by atoms with E-state index < -0.39 is 0 Å². The van der Waals surface area contributed by atoms with Gasteiger partial charge in [0.2, 0.25) is 0 Å². The maximum atomic E-state index is 12.6. The number of carbonyl (C=O) groups excluding carboxylic acids is 1. The molecule has 4 nitrogen and oxygen atoms in total. The standard InChI is InChI=1S/C18H13Cl2N3OS/c19-13-3-4-15(20)16(10-13)23-17(24)14-2-1-7-22-18(14)25-11-12-5-8-21-9-6-12/h1-10H,11H2,(H,23,24). The SMILES string of the molecule is O=C(Nc1cc(Cl)ccc1Cl)c1cccnc1SCc1ccncc1. The lowest BCUT2D eigenvalue weighted by Gasteiger charge is -2.10. The highest BCUT2D eigenvalue weighted by Crippen LogP contribution is 2.28. The molecule has 1 aromatic carbocycles. The molecule has 2 heterocycles. The van der Waals surface area contributed by atoms with Crippen molar-refractivity contribution in [3.05, 3.63) is 82.2 Å². The fourth-order valence-corrected chi connectivity index (χ4v) is 3.38. The first kappa shape index (κ1) is 17.7. The van der Waals surface area contributed by atoms with Crippen LogP contribution in [0.25, 0.3) is 0 Å². The van der Waals surface area contributed by atoms with Crippen molar-refractivity contribution in [2.45, 2.75) is 10.8 Å². The fraction of sp³-hybridized carbons (Fsp3) is 0.0556. The third-order valence-electron chi connectivity index (χ3n) is 3.32. The maximum absolute atomic E-state index is 12.6. The first-order chi connectivity index (χ1) is 12.1. The molecule has 0 atom stereocenters. The molecule has 0 bridgehead atoms. The van der Waals surface area contributed by atoms with Gasteiger partial charge in [-0.25, -0.2) is 4.98 Å². The molecule has 0 aliphatic rings. The number of benzene rings is 1. The molecule has 3 aromatic rings. The molecule has 1 amide bonds. The number of anilines is 1. The molecular formula is C18H13Cl2N3OS. The van der Waals surface area contributed by atoms with Crippen LogP contribution in [0.5, 0.6) is 0 Å². The van der Waals surface area contributed by atoms with E-state index >= 15 is 0 Å². The van der Waals surface area contributed by atoms with E-state index in [-0.39, 0.29) is 5.91 Å². The van der Waals surface area contributed by atoms with E-state index in [1.54, 1.807) is 48.9 Å². The highest BCUT2D eigenvalue weighted by molar-refractivity contribution is 7.98. The highest BCUT2D eigenvalue weighted by atomic mass is 35.5. The maximum Gasteiger partial charge on any atom is 0.258 e. The van der Waals surface area contributed by atoms with Gasteiger partial charge in [0.15, 0.2) is 0 Å². The lowest BCUT2D eigenvalue weighted by atomic mass is 10.2. The minimum Gasteiger partial charge on any atom is -0.320 e. The summed E-state index contributed by atoms with van der Waals surface area (Å²) in [5.41, 5.74) is 2.06. The first-order valence-electron chi connectivity index (χ1n) is 7.36. The molecular weight excluding hydrogens is 377 g/mol. The number of carbonyl (C=O) groups is 1. The van der Waals surface area contributed by atoms with Gasteiger partial charge in [-0.3, -0.25) is 9.78 Å². The molecule has 0 fully saturated rings. The van der Waals surface area contributed by atoms with E-state index in [9.17, 15) is 4.79 Å². The van der Waals surface area contributed by atoms with Crippen LogP contribution < -0.4 is 5.32 Å². The lowest BCUT2D eigenvalue weighted by Crippen LogP contribution is -2.14. The second kappa shape index (κ2) is 8.34. The van der Waals surface area contributed by atoms with Crippen molar-refractivity contribution in [2.24, 2.45) is 0 Å². The Kier molecular flexibility index (Phi) is 5.91. The molecule has 0 aliphatic carbocycles. The molecule has 0 saturated heterocycles. The Bertz CT molecular complexity index is 890. The summed E-state index contributed by atoms with van der Waals surface area (Å²) < 4.78 is 0. The average molecular weight is 390 g/mol. The summed E-state index contributed by atoms with van der Waals surface area (Å²) in [5.74, 6) is 0.409. The van der Waals surface area contributed by atoms with Crippen molar-refractivity contribution in [2.75, 3.05) is 5.32 Å². The minimum atomic E-state index is -0.283. The van der Waals surface area contributed by atoms with Crippen molar-refractivity contribution >= 4 is 46.6 Å². The van der Waals surface area contributed by atoms with Crippen molar-refractivity contribution in [1.29, 1.82) is 0 Å². The number of nitrogens with zero attached hydrogens (tertiary/aromatic N) is 2. The fourth-order valence-electron chi connectivity index (χ4n) is 2.09. The van der Waals surface area contributed by atoms with Crippen LogP contribution in [0.2, 0.25) is 10.0 Å². The predicted molar refractivity (Wildman–Crippen MR) is 102 cm³/mol. The molecule has 25 heavy (non-hydrogen) atoms. The average Bonchev–Trinajstić information content (AvgIpc) is 2.64. The number of amides is 1. The number of pyridine rings is 2. The number of hydrogen-bond acceptors (Lipinski definition) is 4.